The van der Waals surface area contributed by atoms with Crippen molar-refractivity contribution in [2.45, 2.75) is 0 Å². The second-order valence-corrected chi connectivity index (χ2v) is 6.35. The van der Waals surface area contributed by atoms with Gasteiger partial charge in [0.25, 0.3) is 5.91 Å². The first kappa shape index (κ1) is 18.2. The van der Waals surface area contributed by atoms with Crippen LogP contribution in [-0.4, -0.2) is 22.1 Å². The van der Waals surface area contributed by atoms with E-state index in [9.17, 15) is 24.6 Å². The number of phenols is 1. The van der Waals surface area contributed by atoms with E-state index in [1.807, 2.05) is 5.43 Å². The Labute approximate surface area is 163 Å². The number of nitrogens with two attached hydrogens (primary N) is 1. The van der Waals surface area contributed by atoms with Gasteiger partial charge in [-0.2, -0.15) is 0 Å². The Kier molecular flexibility index (Phi) is 4.25. The van der Waals surface area contributed by atoms with E-state index in [2.05, 4.69) is 0 Å². The molecule has 0 atom stereocenters. The fourth-order valence-corrected chi connectivity index (χ4v) is 3.31. The minimum Gasteiger partial charge on any atom is -0.508 e. The molecular weight excluding hydrogens is 376 g/mol. The van der Waals surface area contributed by atoms with Gasteiger partial charge < -0.3 is 14.6 Å². The van der Waals surface area contributed by atoms with E-state index in [-0.39, 0.29) is 33.6 Å². The van der Waals surface area contributed by atoms with E-state index in [0.29, 0.717) is 22.1 Å². The van der Waals surface area contributed by atoms with Crippen molar-refractivity contribution in [3.05, 3.63) is 75.9 Å². The highest BCUT2D eigenvalue weighted by Crippen LogP contribution is 2.42. The van der Waals surface area contributed by atoms with Crippen LogP contribution in [-0.2, 0) is 0 Å². The SMILES string of the molecule is NNC(=O)c1ccc(-c2c3ccc(=O)cc-3oc3cc(O)ccc23)c(C(=O)O)c1. The lowest BCUT2D eigenvalue weighted by Crippen LogP contribution is -2.30. The second kappa shape index (κ2) is 6.77. The van der Waals surface area contributed by atoms with Crippen LogP contribution in [0.2, 0.25) is 0 Å². The number of fused-ring (bicyclic) bond motifs is 2. The largest absolute Gasteiger partial charge is 0.508 e. The normalized spacial score (nSPS) is 10.9. The third-order valence-electron chi connectivity index (χ3n) is 4.59. The number of carboxylic acid groups (broad SMARTS) is 1. The molecule has 1 heterocycles. The molecule has 2 aromatic carbocycles. The van der Waals surface area contributed by atoms with Gasteiger partial charge in [0.1, 0.15) is 17.1 Å². The first-order valence-corrected chi connectivity index (χ1v) is 8.47. The van der Waals surface area contributed by atoms with E-state index in [0.717, 1.165) is 0 Å². The summed E-state index contributed by atoms with van der Waals surface area (Å²) in [4.78, 5) is 35.6. The molecule has 0 fully saturated rings. The lowest BCUT2D eigenvalue weighted by Gasteiger charge is -2.17. The number of carboxylic acids is 1. The Morgan fingerprint density at radius 3 is 2.45 bits per heavy atom. The number of benzene rings is 3. The van der Waals surface area contributed by atoms with Crippen molar-refractivity contribution >= 4 is 22.8 Å². The zero-order chi connectivity index (χ0) is 20.7. The highest BCUT2D eigenvalue weighted by atomic mass is 16.4. The monoisotopic (exact) mass is 390 g/mol. The highest BCUT2D eigenvalue weighted by Gasteiger charge is 2.23. The summed E-state index contributed by atoms with van der Waals surface area (Å²) in [5.41, 5.74) is 3.26. The van der Waals surface area contributed by atoms with Crippen LogP contribution >= 0.6 is 0 Å². The number of aromatic hydroxyl groups is 1. The number of carbonyl (C=O) groups is 2. The number of aromatic carboxylic acids is 1. The Hall–Kier alpha value is -4.17. The van der Waals surface area contributed by atoms with Crippen molar-refractivity contribution in [1.29, 1.82) is 0 Å². The average molecular weight is 390 g/mol. The maximum atomic E-state index is 12.0. The van der Waals surface area contributed by atoms with Gasteiger partial charge in [-0.05, 0) is 42.0 Å². The first-order valence-electron chi connectivity index (χ1n) is 8.47. The minimum absolute atomic E-state index is 0.0433. The topological polar surface area (TPSA) is 143 Å². The van der Waals surface area contributed by atoms with Crippen LogP contribution in [0.4, 0.5) is 0 Å². The molecule has 8 nitrogen and oxygen atoms in total. The summed E-state index contributed by atoms with van der Waals surface area (Å²) in [6.07, 6.45) is 0. The van der Waals surface area contributed by atoms with Crippen LogP contribution in [0, 0.1) is 0 Å². The number of hydrazine groups is 1. The molecule has 0 saturated heterocycles. The Morgan fingerprint density at radius 1 is 0.966 bits per heavy atom. The summed E-state index contributed by atoms with van der Waals surface area (Å²) in [6.45, 7) is 0. The van der Waals surface area contributed by atoms with Crippen molar-refractivity contribution < 1.29 is 24.2 Å². The van der Waals surface area contributed by atoms with Gasteiger partial charge in [0, 0.05) is 34.2 Å². The molecule has 0 aromatic heterocycles. The molecule has 1 aliphatic heterocycles. The van der Waals surface area contributed by atoms with E-state index >= 15 is 0 Å². The lowest BCUT2D eigenvalue weighted by molar-refractivity contribution is 0.0697. The summed E-state index contributed by atoms with van der Waals surface area (Å²) in [6, 6.07) is 12.8. The van der Waals surface area contributed by atoms with Gasteiger partial charge in [0.15, 0.2) is 5.43 Å². The third kappa shape index (κ3) is 3.07. The van der Waals surface area contributed by atoms with Crippen LogP contribution < -0.4 is 16.7 Å². The van der Waals surface area contributed by atoms with Crippen LogP contribution in [0.1, 0.15) is 20.7 Å². The van der Waals surface area contributed by atoms with E-state index in [1.165, 1.54) is 42.5 Å². The van der Waals surface area contributed by atoms with Crippen molar-refractivity contribution in [3.63, 3.8) is 0 Å². The molecule has 4 rings (SSSR count). The highest BCUT2D eigenvalue weighted by molar-refractivity contribution is 6.09. The van der Waals surface area contributed by atoms with E-state index < -0.39 is 11.9 Å². The van der Waals surface area contributed by atoms with Gasteiger partial charge in [-0.15, -0.1) is 0 Å². The zero-order valence-corrected chi connectivity index (χ0v) is 14.8. The standard InChI is InChI=1S/C21H14N2O6/c22-23-20(26)10-1-4-13(16(7-10)21(27)28)19-14-5-2-11(24)8-17(14)29-18-9-12(25)3-6-15(18)19/h1-9,24H,22H2,(H,23,26)(H,27,28). The Balaban J connectivity index is 2.14. The molecule has 1 aliphatic carbocycles. The molecule has 144 valence electrons. The van der Waals surface area contributed by atoms with Crippen molar-refractivity contribution in [2.75, 3.05) is 0 Å². The number of phenolic OH excluding ortho intramolecular Hbond substituents is 1. The Bertz CT molecular complexity index is 1320. The van der Waals surface area contributed by atoms with Crippen LogP contribution in [0.5, 0.6) is 5.75 Å². The van der Waals surface area contributed by atoms with Crippen molar-refractivity contribution in [2.24, 2.45) is 5.84 Å². The molecule has 5 N–H and O–H groups in total. The predicted octanol–water partition coefficient (Wildman–Crippen LogP) is 2.57. The molecule has 2 aliphatic rings. The fraction of sp³-hybridized carbons (Fsp3) is 0. The van der Waals surface area contributed by atoms with Gasteiger partial charge in [0.2, 0.25) is 0 Å². The molecule has 0 spiro atoms. The predicted molar refractivity (Wildman–Crippen MR) is 105 cm³/mol. The molecule has 2 aromatic rings. The number of hydrogen-bond donors (Lipinski definition) is 4. The lowest BCUT2D eigenvalue weighted by atomic mass is 9.90. The van der Waals surface area contributed by atoms with Crippen LogP contribution in [0.15, 0.2) is 63.8 Å². The average Bonchev–Trinajstić information content (AvgIpc) is 2.70. The molecule has 29 heavy (non-hydrogen) atoms. The molecular formula is C21H14N2O6. The number of rotatable bonds is 3. The molecule has 8 heteroatoms. The van der Waals surface area contributed by atoms with Gasteiger partial charge in [-0.1, -0.05) is 6.07 Å². The number of hydrogen-bond acceptors (Lipinski definition) is 6. The molecule has 0 saturated carbocycles. The van der Waals surface area contributed by atoms with Crippen LogP contribution in [0.3, 0.4) is 0 Å². The van der Waals surface area contributed by atoms with Gasteiger partial charge >= 0.3 is 5.97 Å². The van der Waals surface area contributed by atoms with Crippen LogP contribution in [0.25, 0.3) is 33.4 Å². The second-order valence-electron chi connectivity index (χ2n) is 6.35. The quantitative estimate of drug-likeness (QED) is 0.182. The molecule has 0 unspecified atom stereocenters. The minimum atomic E-state index is -1.24. The smallest absolute Gasteiger partial charge is 0.336 e. The molecule has 0 bridgehead atoms. The van der Waals surface area contributed by atoms with Gasteiger partial charge in [-0.3, -0.25) is 15.0 Å². The molecule has 1 amide bonds. The summed E-state index contributed by atoms with van der Waals surface area (Å²) < 4.78 is 5.76. The van der Waals surface area contributed by atoms with E-state index in [1.54, 1.807) is 12.1 Å². The summed E-state index contributed by atoms with van der Waals surface area (Å²) in [5.74, 6) is 3.47. The molecule has 0 radical (unpaired) electrons. The number of amides is 1. The maximum Gasteiger partial charge on any atom is 0.336 e. The van der Waals surface area contributed by atoms with Crippen molar-refractivity contribution in [3.8, 4) is 28.2 Å². The summed E-state index contributed by atoms with van der Waals surface area (Å²) in [5, 5.41) is 20.1. The number of nitrogen functional groups attached to an aromatic ring is 1. The maximum absolute atomic E-state index is 12.0. The first-order chi connectivity index (χ1) is 13.9. The fourth-order valence-electron chi connectivity index (χ4n) is 3.31. The number of carbonyl (C=O) groups excluding carboxylic acids is 1. The third-order valence-corrected chi connectivity index (χ3v) is 4.59. The zero-order valence-electron chi connectivity index (χ0n) is 14.8. The van der Waals surface area contributed by atoms with Crippen molar-refractivity contribution in [1.82, 2.24) is 5.43 Å². The van der Waals surface area contributed by atoms with Gasteiger partial charge in [-0.25, -0.2) is 10.6 Å². The number of nitrogens with one attached hydrogen (secondary N) is 1. The van der Waals surface area contributed by atoms with E-state index in [4.69, 9.17) is 10.3 Å². The van der Waals surface area contributed by atoms with Gasteiger partial charge in [0.05, 0.1) is 5.56 Å². The summed E-state index contributed by atoms with van der Waals surface area (Å²) in [7, 11) is 0. The summed E-state index contributed by atoms with van der Waals surface area (Å²) >= 11 is 0. The Morgan fingerprint density at radius 2 is 1.72 bits per heavy atom.